The molecule has 0 bridgehead atoms. The maximum absolute atomic E-state index is 14.3. The van der Waals surface area contributed by atoms with Crippen LogP contribution in [0.25, 0.3) is 11.1 Å². The van der Waals surface area contributed by atoms with Crippen LogP contribution in [-0.2, 0) is 0 Å². The molecule has 0 unspecified atom stereocenters. The number of benzene rings is 3. The minimum absolute atomic E-state index is 0.0637. The third-order valence-electron chi connectivity index (χ3n) is 7.58. The molecule has 3 N–H and O–H groups in total. The molecule has 0 aliphatic heterocycles. The molecule has 6 nitrogen and oxygen atoms in total. The highest BCUT2D eigenvalue weighted by atomic mass is 79.9. The first-order chi connectivity index (χ1) is 20.1. The largest absolute Gasteiger partial charge is 0.352 e. The van der Waals surface area contributed by atoms with Gasteiger partial charge in [0.25, 0.3) is 17.7 Å². The second kappa shape index (κ2) is 12.7. The number of hydrogen-bond acceptors (Lipinski definition) is 3. The van der Waals surface area contributed by atoms with Crippen molar-refractivity contribution in [2.45, 2.75) is 64.5 Å². The summed E-state index contributed by atoms with van der Waals surface area (Å²) in [4.78, 5) is 36.1. The molecule has 0 heterocycles. The van der Waals surface area contributed by atoms with E-state index in [-0.39, 0.29) is 40.9 Å². The van der Waals surface area contributed by atoms with Crippen LogP contribution in [0, 0.1) is 31.4 Å². The molecule has 6 rings (SSSR count). The molecule has 3 fully saturated rings. The molecule has 3 amide bonds. The van der Waals surface area contributed by atoms with Crippen LogP contribution in [0.15, 0.2) is 53.0 Å². The highest BCUT2D eigenvalue weighted by Gasteiger charge is 2.27. The van der Waals surface area contributed by atoms with Crippen LogP contribution in [0.2, 0.25) is 0 Å². The van der Waals surface area contributed by atoms with Crippen molar-refractivity contribution in [3.8, 4) is 11.1 Å². The smallest absolute Gasteiger partial charge is 0.254 e. The van der Waals surface area contributed by atoms with E-state index in [0.29, 0.717) is 11.5 Å². The molecule has 42 heavy (non-hydrogen) atoms. The minimum atomic E-state index is -0.509. The van der Waals surface area contributed by atoms with E-state index in [1.54, 1.807) is 25.1 Å². The van der Waals surface area contributed by atoms with Crippen LogP contribution < -0.4 is 16.0 Å². The van der Waals surface area contributed by atoms with Crippen LogP contribution in [0.3, 0.4) is 0 Å². The average molecular weight is 639 g/mol. The van der Waals surface area contributed by atoms with E-state index >= 15 is 0 Å². The van der Waals surface area contributed by atoms with Crippen molar-refractivity contribution in [1.82, 2.24) is 16.0 Å². The Morgan fingerprint density at radius 1 is 0.738 bits per heavy atom. The van der Waals surface area contributed by atoms with Crippen molar-refractivity contribution in [2.75, 3.05) is 6.54 Å². The zero-order valence-corrected chi connectivity index (χ0v) is 25.2. The van der Waals surface area contributed by atoms with Gasteiger partial charge in [0, 0.05) is 28.7 Å². The molecule has 0 spiro atoms. The van der Waals surface area contributed by atoms with Gasteiger partial charge in [-0.3, -0.25) is 14.4 Å². The lowest BCUT2D eigenvalue weighted by molar-refractivity contribution is 0.0938. The van der Waals surface area contributed by atoms with Crippen molar-refractivity contribution in [1.29, 1.82) is 0 Å². The number of amides is 3. The van der Waals surface area contributed by atoms with Gasteiger partial charge in [-0.05, 0) is 117 Å². The van der Waals surface area contributed by atoms with E-state index in [0.717, 1.165) is 59.0 Å². The summed E-state index contributed by atoms with van der Waals surface area (Å²) in [7, 11) is 0. The second-order valence-corrected chi connectivity index (χ2v) is 12.3. The summed E-state index contributed by atoms with van der Waals surface area (Å²) in [6.07, 6.45) is 6.30. The van der Waals surface area contributed by atoms with Gasteiger partial charge in [-0.15, -0.1) is 0 Å². The van der Waals surface area contributed by atoms with Crippen molar-refractivity contribution < 1.29 is 23.2 Å². The molecule has 3 saturated carbocycles. The standard InChI is InChI=1S/C22H23FN2O2.C11H11BrFNO/c1-13-10-20(23)19(22(27)25-17-8-9-17)11-18(13)15-4-6-16(7-5-15)21(26)24-12-14-2-3-14;1-6-4-10(13)8(5-9(6)12)11(15)14-7-2-3-7/h4-7,10-11,14,17H,2-3,8-9,12H2,1H3,(H,24,26)(H,25,27);4-5,7H,2-3H2,1H3,(H,14,15). The lowest BCUT2D eigenvalue weighted by Gasteiger charge is -2.12. The van der Waals surface area contributed by atoms with E-state index in [2.05, 4.69) is 31.9 Å². The molecule has 3 aromatic rings. The number of hydrogen-bond donors (Lipinski definition) is 3. The Labute approximate surface area is 252 Å². The van der Waals surface area contributed by atoms with Crippen LogP contribution in [0.1, 0.15) is 80.7 Å². The summed E-state index contributed by atoms with van der Waals surface area (Å²) in [6, 6.07) is 13.5. The Bertz CT molecular complexity index is 1510. The van der Waals surface area contributed by atoms with Crippen molar-refractivity contribution in [3.05, 3.63) is 92.5 Å². The molecule has 3 aromatic carbocycles. The van der Waals surface area contributed by atoms with Crippen molar-refractivity contribution in [2.24, 2.45) is 5.92 Å². The van der Waals surface area contributed by atoms with E-state index in [9.17, 15) is 23.2 Å². The third-order valence-corrected chi connectivity index (χ3v) is 8.44. The number of nitrogens with one attached hydrogen (secondary N) is 3. The molecule has 0 radical (unpaired) electrons. The summed E-state index contributed by atoms with van der Waals surface area (Å²) >= 11 is 3.28. The highest BCUT2D eigenvalue weighted by Crippen LogP contribution is 2.29. The summed E-state index contributed by atoms with van der Waals surface area (Å²) in [5, 5.41) is 8.53. The first-order valence-corrected chi connectivity index (χ1v) is 15.1. The fourth-order valence-electron chi connectivity index (χ4n) is 4.42. The SMILES string of the molecule is Cc1cc(F)c(C(=O)NC2CC2)cc1-c1ccc(C(=O)NCC2CC2)cc1.Cc1cc(F)c(C(=O)NC2CC2)cc1Br. The molecule has 3 aliphatic rings. The monoisotopic (exact) mass is 637 g/mol. The Balaban J connectivity index is 0.000000199. The Hall–Kier alpha value is -3.59. The molecule has 9 heteroatoms. The van der Waals surface area contributed by atoms with E-state index in [4.69, 9.17) is 0 Å². The highest BCUT2D eigenvalue weighted by molar-refractivity contribution is 9.10. The zero-order chi connectivity index (χ0) is 30.0. The number of carbonyl (C=O) groups excluding carboxylic acids is 3. The maximum atomic E-state index is 14.3. The molecule has 3 aliphatic carbocycles. The van der Waals surface area contributed by atoms with E-state index in [1.165, 1.54) is 31.0 Å². The van der Waals surface area contributed by atoms with Gasteiger partial charge in [-0.25, -0.2) is 8.78 Å². The normalized spacial score (nSPS) is 15.7. The van der Waals surface area contributed by atoms with Crippen molar-refractivity contribution >= 4 is 33.7 Å². The number of halogens is 3. The zero-order valence-electron chi connectivity index (χ0n) is 23.7. The third kappa shape index (κ3) is 7.82. The molecular formula is C33H34BrF2N3O3. The number of carbonyl (C=O) groups is 3. The van der Waals surface area contributed by atoms with Crippen molar-refractivity contribution in [3.63, 3.8) is 0 Å². The molecule has 220 valence electrons. The summed E-state index contributed by atoms with van der Waals surface area (Å²) in [5.74, 6) is -1.11. The minimum Gasteiger partial charge on any atom is -0.352 e. The molecule has 0 saturated heterocycles. The van der Waals surface area contributed by atoms with Gasteiger partial charge >= 0.3 is 0 Å². The summed E-state index contributed by atoms with van der Waals surface area (Å²) < 4.78 is 28.5. The molecule has 0 aromatic heterocycles. The first kappa shape index (κ1) is 29.9. The Kier molecular flexibility index (Phi) is 9.06. The number of rotatable bonds is 8. The van der Waals surface area contributed by atoms with Crippen LogP contribution in [0.5, 0.6) is 0 Å². The van der Waals surface area contributed by atoms with E-state index in [1.807, 2.05) is 19.1 Å². The van der Waals surface area contributed by atoms with Gasteiger partial charge in [0.05, 0.1) is 11.1 Å². The van der Waals surface area contributed by atoms with Crippen LogP contribution in [-0.4, -0.2) is 36.3 Å². The average Bonchev–Trinajstić information content (AvgIpc) is 3.79. The predicted molar refractivity (Wildman–Crippen MR) is 161 cm³/mol. The fraction of sp³-hybridized carbons (Fsp3) is 0.364. The lowest BCUT2D eigenvalue weighted by atomic mass is 9.96. The lowest BCUT2D eigenvalue weighted by Crippen LogP contribution is -2.26. The molecule has 0 atom stereocenters. The van der Waals surface area contributed by atoms with Gasteiger partial charge < -0.3 is 16.0 Å². The topological polar surface area (TPSA) is 87.3 Å². The van der Waals surface area contributed by atoms with Crippen LogP contribution >= 0.6 is 15.9 Å². The second-order valence-electron chi connectivity index (χ2n) is 11.5. The van der Waals surface area contributed by atoms with Gasteiger partial charge in [0.2, 0.25) is 0 Å². The quantitative estimate of drug-likeness (QED) is 0.259. The Morgan fingerprint density at radius 3 is 1.79 bits per heavy atom. The van der Waals surface area contributed by atoms with Gasteiger partial charge in [-0.2, -0.15) is 0 Å². The van der Waals surface area contributed by atoms with Gasteiger partial charge in [-0.1, -0.05) is 28.1 Å². The maximum Gasteiger partial charge on any atom is 0.254 e. The summed E-state index contributed by atoms with van der Waals surface area (Å²) in [6.45, 7) is 4.34. The molecular weight excluding hydrogens is 604 g/mol. The van der Waals surface area contributed by atoms with Crippen LogP contribution in [0.4, 0.5) is 8.78 Å². The van der Waals surface area contributed by atoms with Gasteiger partial charge in [0.15, 0.2) is 0 Å². The van der Waals surface area contributed by atoms with Gasteiger partial charge in [0.1, 0.15) is 11.6 Å². The first-order valence-electron chi connectivity index (χ1n) is 14.3. The number of aryl methyl sites for hydroxylation is 2. The fourth-order valence-corrected chi connectivity index (χ4v) is 4.77. The van der Waals surface area contributed by atoms with E-state index < -0.39 is 11.6 Å². The Morgan fingerprint density at radius 2 is 1.26 bits per heavy atom. The predicted octanol–water partition coefficient (Wildman–Crippen LogP) is 6.62. The summed E-state index contributed by atoms with van der Waals surface area (Å²) in [5.41, 5.74) is 3.96.